The summed E-state index contributed by atoms with van der Waals surface area (Å²) in [4.78, 5) is 17.0. The quantitative estimate of drug-likeness (QED) is 0.643. The number of allylic oxidation sites excluding steroid dienone is 1. The van der Waals surface area contributed by atoms with E-state index in [1.54, 1.807) is 18.2 Å². The first-order valence-electron chi connectivity index (χ1n) is 8.19. The van der Waals surface area contributed by atoms with Gasteiger partial charge in [-0.3, -0.25) is 4.79 Å². The molecular formula is C20H19N2O3+. The van der Waals surface area contributed by atoms with E-state index in [1.807, 2.05) is 44.6 Å². The molecular weight excluding hydrogens is 316 g/mol. The number of phenols is 1. The Hall–Kier alpha value is -3.05. The predicted molar refractivity (Wildman–Crippen MR) is 95.9 cm³/mol. The molecule has 0 radical (unpaired) electrons. The maximum atomic E-state index is 12.7. The van der Waals surface area contributed by atoms with E-state index in [4.69, 9.17) is 4.74 Å². The van der Waals surface area contributed by atoms with Crippen LogP contribution >= 0.6 is 0 Å². The summed E-state index contributed by atoms with van der Waals surface area (Å²) in [5.74, 6) is 0.744. The van der Waals surface area contributed by atoms with Gasteiger partial charge in [0.05, 0.1) is 25.2 Å². The van der Waals surface area contributed by atoms with Crippen LogP contribution in [-0.4, -0.2) is 30.0 Å². The van der Waals surface area contributed by atoms with Gasteiger partial charge in [-0.05, 0) is 24.3 Å². The molecule has 126 valence electrons. The number of quaternary nitrogens is 1. The van der Waals surface area contributed by atoms with Gasteiger partial charge in [-0.1, -0.05) is 18.2 Å². The minimum atomic E-state index is -0.157. The number of rotatable bonds is 3. The number of hydrogen-bond acceptors (Lipinski definition) is 3. The highest BCUT2D eigenvalue weighted by Gasteiger charge is 2.32. The third kappa shape index (κ3) is 2.58. The fourth-order valence-corrected chi connectivity index (χ4v) is 3.18. The van der Waals surface area contributed by atoms with E-state index in [2.05, 4.69) is 4.98 Å². The molecule has 5 nitrogen and oxygen atoms in total. The molecule has 1 aliphatic rings. The molecule has 2 aromatic carbocycles. The number of ether oxygens (including phenoxy) is 1. The van der Waals surface area contributed by atoms with Crippen molar-refractivity contribution >= 4 is 22.8 Å². The zero-order valence-electron chi connectivity index (χ0n) is 14.1. The Morgan fingerprint density at radius 1 is 1.20 bits per heavy atom. The van der Waals surface area contributed by atoms with E-state index >= 15 is 0 Å². The molecule has 5 heteroatoms. The molecule has 0 unspecified atom stereocenters. The van der Waals surface area contributed by atoms with Crippen LogP contribution in [0.4, 0.5) is 0 Å². The van der Waals surface area contributed by atoms with Crippen LogP contribution in [0.15, 0.2) is 48.4 Å². The van der Waals surface area contributed by atoms with Gasteiger partial charge in [-0.2, -0.15) is 0 Å². The molecule has 0 amide bonds. The fraction of sp³-hybridized carbons (Fsp3) is 0.150. The molecule has 0 saturated carbocycles. The van der Waals surface area contributed by atoms with E-state index in [1.165, 1.54) is 0 Å². The Morgan fingerprint density at radius 2 is 2.00 bits per heavy atom. The first-order valence-corrected chi connectivity index (χ1v) is 8.19. The Kier molecular flexibility index (Phi) is 3.58. The first kappa shape index (κ1) is 15.5. The van der Waals surface area contributed by atoms with Crippen LogP contribution in [-0.2, 0) is 6.54 Å². The normalized spacial score (nSPS) is 15.2. The number of phenolic OH excluding ortho intramolecular Hbond substituents is 1. The van der Waals surface area contributed by atoms with Crippen molar-refractivity contribution in [2.45, 2.75) is 6.54 Å². The van der Waals surface area contributed by atoms with E-state index < -0.39 is 0 Å². The summed E-state index contributed by atoms with van der Waals surface area (Å²) in [7, 11) is 3.97. The van der Waals surface area contributed by atoms with Gasteiger partial charge in [-0.25, -0.2) is 0 Å². The number of carbonyl (C=O) groups is 1. The number of ketones is 1. The molecule has 0 aliphatic carbocycles. The number of fused-ring (bicyclic) bond motifs is 2. The number of hydrogen-bond donors (Lipinski definition) is 3. The summed E-state index contributed by atoms with van der Waals surface area (Å²) in [6.07, 6.45) is 3.62. The molecule has 2 heterocycles. The van der Waals surface area contributed by atoms with Crippen LogP contribution in [0.25, 0.3) is 17.0 Å². The number of H-pyrrole nitrogens is 1. The predicted octanol–water partition coefficient (Wildman–Crippen LogP) is 2.13. The zero-order valence-corrected chi connectivity index (χ0v) is 14.1. The molecule has 0 saturated heterocycles. The van der Waals surface area contributed by atoms with Crippen LogP contribution in [0, 0.1) is 0 Å². The molecule has 3 aromatic rings. The van der Waals surface area contributed by atoms with E-state index in [-0.39, 0.29) is 17.3 Å². The molecule has 1 aliphatic heterocycles. The maximum Gasteiger partial charge on any atom is 0.231 e. The van der Waals surface area contributed by atoms with E-state index in [0.29, 0.717) is 23.4 Å². The monoisotopic (exact) mass is 335 g/mol. The number of benzene rings is 2. The molecule has 4 rings (SSSR count). The molecule has 0 atom stereocenters. The highest BCUT2D eigenvalue weighted by atomic mass is 16.5. The van der Waals surface area contributed by atoms with Gasteiger partial charge in [0.25, 0.3) is 0 Å². The highest BCUT2D eigenvalue weighted by Crippen LogP contribution is 2.39. The van der Waals surface area contributed by atoms with E-state index in [9.17, 15) is 9.90 Å². The SMILES string of the molecule is C[NH+](C)Cc1c(O)ccc2c1O/C(=C/c1c[nH]c3ccccc13)C2=O. The van der Waals surface area contributed by atoms with Crippen molar-refractivity contribution in [1.82, 2.24) is 4.98 Å². The average Bonchev–Trinajstić information content (AvgIpc) is 3.13. The Balaban J connectivity index is 1.78. The van der Waals surface area contributed by atoms with Crippen LogP contribution in [0.3, 0.4) is 0 Å². The summed E-state index contributed by atoms with van der Waals surface area (Å²) in [6.45, 7) is 0.572. The van der Waals surface area contributed by atoms with Gasteiger partial charge in [0, 0.05) is 22.7 Å². The van der Waals surface area contributed by atoms with Gasteiger partial charge in [-0.15, -0.1) is 0 Å². The Bertz CT molecular complexity index is 1010. The topological polar surface area (TPSA) is 66.8 Å². The van der Waals surface area contributed by atoms with Gasteiger partial charge in [0.2, 0.25) is 5.78 Å². The minimum absolute atomic E-state index is 0.154. The second-order valence-corrected chi connectivity index (χ2v) is 6.55. The second-order valence-electron chi connectivity index (χ2n) is 6.55. The lowest BCUT2D eigenvalue weighted by atomic mass is 10.0. The van der Waals surface area contributed by atoms with Crippen LogP contribution in [0.2, 0.25) is 0 Å². The maximum absolute atomic E-state index is 12.7. The molecule has 0 bridgehead atoms. The molecule has 1 aromatic heterocycles. The number of para-hydroxylation sites is 1. The van der Waals surface area contributed by atoms with Crippen molar-refractivity contribution in [2.75, 3.05) is 14.1 Å². The summed E-state index contributed by atoms with van der Waals surface area (Å²) >= 11 is 0. The number of aromatic hydroxyl groups is 1. The van der Waals surface area contributed by atoms with Crippen molar-refractivity contribution in [3.05, 3.63) is 65.0 Å². The van der Waals surface area contributed by atoms with Crippen molar-refractivity contribution in [2.24, 2.45) is 0 Å². The van der Waals surface area contributed by atoms with Crippen molar-refractivity contribution < 1.29 is 19.5 Å². The van der Waals surface area contributed by atoms with Gasteiger partial charge >= 0.3 is 0 Å². The lowest BCUT2D eigenvalue weighted by Gasteiger charge is -2.11. The summed E-state index contributed by atoms with van der Waals surface area (Å²) in [5, 5.41) is 11.2. The largest absolute Gasteiger partial charge is 0.507 e. The lowest BCUT2D eigenvalue weighted by Crippen LogP contribution is -3.04. The van der Waals surface area contributed by atoms with Gasteiger partial charge in [0.1, 0.15) is 12.3 Å². The van der Waals surface area contributed by atoms with Gasteiger partial charge < -0.3 is 19.7 Å². The average molecular weight is 335 g/mol. The minimum Gasteiger partial charge on any atom is -0.507 e. The summed E-state index contributed by atoms with van der Waals surface area (Å²) < 4.78 is 5.88. The third-order valence-electron chi connectivity index (χ3n) is 4.35. The third-order valence-corrected chi connectivity index (χ3v) is 4.35. The fourth-order valence-electron chi connectivity index (χ4n) is 3.18. The smallest absolute Gasteiger partial charge is 0.231 e. The number of aromatic nitrogens is 1. The van der Waals surface area contributed by atoms with Gasteiger partial charge in [0.15, 0.2) is 11.5 Å². The highest BCUT2D eigenvalue weighted by molar-refractivity contribution is 6.15. The lowest BCUT2D eigenvalue weighted by molar-refractivity contribution is -0.872. The van der Waals surface area contributed by atoms with Crippen molar-refractivity contribution in [3.8, 4) is 11.5 Å². The van der Waals surface area contributed by atoms with Crippen LogP contribution in [0.1, 0.15) is 21.5 Å². The zero-order chi connectivity index (χ0) is 17.6. The van der Waals surface area contributed by atoms with E-state index in [0.717, 1.165) is 21.4 Å². The number of Topliss-reactive ketones (excluding diaryl/α,β-unsaturated/α-hetero) is 1. The second kappa shape index (κ2) is 5.79. The molecule has 25 heavy (non-hydrogen) atoms. The number of nitrogens with one attached hydrogen (secondary N) is 2. The Labute approximate surface area is 145 Å². The first-order chi connectivity index (χ1) is 12.0. The number of aromatic amines is 1. The summed E-state index contributed by atoms with van der Waals surface area (Å²) in [6, 6.07) is 11.1. The summed E-state index contributed by atoms with van der Waals surface area (Å²) in [5.41, 5.74) is 3.07. The van der Waals surface area contributed by atoms with Crippen molar-refractivity contribution in [3.63, 3.8) is 0 Å². The van der Waals surface area contributed by atoms with Crippen molar-refractivity contribution in [1.29, 1.82) is 0 Å². The van der Waals surface area contributed by atoms with Crippen LogP contribution in [0.5, 0.6) is 11.5 Å². The number of carbonyl (C=O) groups excluding carboxylic acids is 1. The Morgan fingerprint density at radius 3 is 2.80 bits per heavy atom. The standard InChI is InChI=1S/C20H18N2O3/c1-22(2)11-15-17(23)8-7-14-19(24)18(25-20(14)15)9-12-10-21-16-6-4-3-5-13(12)16/h3-10,21,23H,11H2,1-2H3/p+1/b18-9+. The van der Waals surface area contributed by atoms with Crippen LogP contribution < -0.4 is 9.64 Å². The molecule has 3 N–H and O–H groups in total. The molecule has 0 spiro atoms. The molecule has 0 fully saturated rings.